The van der Waals surface area contributed by atoms with Gasteiger partial charge in [0.2, 0.25) is 0 Å². The molecule has 0 fully saturated rings. The first-order chi connectivity index (χ1) is 18.9. The van der Waals surface area contributed by atoms with Gasteiger partial charge in [0, 0.05) is 6.54 Å². The highest BCUT2D eigenvalue weighted by Crippen LogP contribution is 2.19. The minimum atomic E-state index is -0.288. The lowest BCUT2D eigenvalue weighted by Gasteiger charge is -2.18. The highest BCUT2D eigenvalue weighted by Gasteiger charge is 2.25. The summed E-state index contributed by atoms with van der Waals surface area (Å²) in [7, 11) is 3.89. The third-order valence-electron chi connectivity index (χ3n) is 7.89. The second-order valence-corrected chi connectivity index (χ2v) is 12.1. The molecule has 0 aliphatic carbocycles. The third-order valence-corrected chi connectivity index (χ3v) is 7.89. The van der Waals surface area contributed by atoms with Crippen LogP contribution in [0.1, 0.15) is 169 Å². The van der Waals surface area contributed by atoms with E-state index in [0.29, 0.717) is 32.6 Å². The van der Waals surface area contributed by atoms with Crippen LogP contribution in [0.4, 0.5) is 0 Å². The van der Waals surface area contributed by atoms with Gasteiger partial charge in [-0.2, -0.15) is 0 Å². The van der Waals surface area contributed by atoms with Crippen LogP contribution in [-0.2, 0) is 19.1 Å². The molecule has 5 heteroatoms. The van der Waals surface area contributed by atoms with Gasteiger partial charge >= 0.3 is 11.9 Å². The Kier molecular flexibility index (Phi) is 31.6. The first-order valence-corrected chi connectivity index (χ1v) is 16.9. The van der Waals surface area contributed by atoms with Crippen molar-refractivity contribution >= 4 is 11.9 Å². The molecule has 0 aromatic carbocycles. The van der Waals surface area contributed by atoms with Gasteiger partial charge in [0.15, 0.2) is 0 Å². The van der Waals surface area contributed by atoms with E-state index in [0.717, 1.165) is 12.8 Å². The number of carbonyl (C=O) groups excluding carboxylic acids is 2. The van der Waals surface area contributed by atoms with Gasteiger partial charge in [-0.1, -0.05) is 150 Å². The Bertz CT molecular complexity index is 552. The topological polar surface area (TPSA) is 55.8 Å². The van der Waals surface area contributed by atoms with Crippen molar-refractivity contribution in [1.29, 1.82) is 0 Å². The number of esters is 2. The van der Waals surface area contributed by atoms with E-state index in [1.165, 1.54) is 116 Å². The summed E-state index contributed by atoms with van der Waals surface area (Å²) in [4.78, 5) is 26.6. The Morgan fingerprint density at radius 2 is 0.950 bits per heavy atom. The number of rotatable bonds is 29. The van der Waals surface area contributed by atoms with E-state index in [9.17, 15) is 9.59 Å². The standard InChI is InChI=1S/C34H67NO4.CH4/c1-6-8-9-10-11-12-13-14-15-16-17-18-19-20-21-22-23-24-25-26-28-38-34(37)32(7-2)30-31(3)33(36)39-29-27-35(4)5;/h31-32H,6-30H2,1-5H3;1H4. The zero-order valence-electron chi connectivity index (χ0n) is 26.9. The van der Waals surface area contributed by atoms with E-state index in [-0.39, 0.29) is 31.2 Å². The molecule has 5 nitrogen and oxygen atoms in total. The van der Waals surface area contributed by atoms with Crippen LogP contribution >= 0.6 is 0 Å². The predicted octanol–water partition coefficient (Wildman–Crippen LogP) is 10.1. The second kappa shape index (κ2) is 30.8. The molecule has 0 aliphatic heterocycles. The van der Waals surface area contributed by atoms with Crippen LogP contribution in [0, 0.1) is 11.8 Å². The Morgan fingerprint density at radius 3 is 1.32 bits per heavy atom. The molecule has 2 unspecified atom stereocenters. The van der Waals surface area contributed by atoms with Gasteiger partial charge in [0.25, 0.3) is 0 Å². The molecule has 0 spiro atoms. The van der Waals surface area contributed by atoms with E-state index >= 15 is 0 Å². The molecule has 40 heavy (non-hydrogen) atoms. The van der Waals surface area contributed by atoms with Crippen LogP contribution in [0.2, 0.25) is 0 Å². The van der Waals surface area contributed by atoms with Gasteiger partial charge in [0.05, 0.1) is 18.4 Å². The van der Waals surface area contributed by atoms with Crippen molar-refractivity contribution in [3.63, 3.8) is 0 Å². The van der Waals surface area contributed by atoms with Crippen molar-refractivity contribution in [2.75, 3.05) is 33.9 Å². The lowest BCUT2D eigenvalue weighted by atomic mass is 9.94. The monoisotopic (exact) mass is 570 g/mol. The first kappa shape index (κ1) is 41.0. The summed E-state index contributed by atoms with van der Waals surface area (Å²) in [5.41, 5.74) is 0. The molecule has 0 saturated heterocycles. The Labute approximate surface area is 250 Å². The van der Waals surface area contributed by atoms with Gasteiger partial charge in [-0.05, 0) is 33.4 Å². The predicted molar refractivity (Wildman–Crippen MR) is 173 cm³/mol. The molecule has 0 aromatic rings. The van der Waals surface area contributed by atoms with Gasteiger partial charge in [-0.25, -0.2) is 0 Å². The molecular formula is C35H71NO4. The fourth-order valence-electron chi connectivity index (χ4n) is 5.07. The van der Waals surface area contributed by atoms with Crippen LogP contribution in [-0.4, -0.2) is 50.7 Å². The lowest BCUT2D eigenvalue weighted by Crippen LogP contribution is -2.26. The number of unbranched alkanes of at least 4 members (excludes halogenated alkanes) is 19. The quantitative estimate of drug-likeness (QED) is 0.0662. The van der Waals surface area contributed by atoms with Crippen LogP contribution in [0.3, 0.4) is 0 Å². The minimum Gasteiger partial charge on any atom is -0.465 e. The van der Waals surface area contributed by atoms with Gasteiger partial charge in [-0.15, -0.1) is 0 Å². The van der Waals surface area contributed by atoms with E-state index in [2.05, 4.69) is 6.92 Å². The number of carbonyl (C=O) groups is 2. The highest BCUT2D eigenvalue weighted by molar-refractivity contribution is 5.75. The molecule has 0 amide bonds. The van der Waals surface area contributed by atoms with Gasteiger partial charge in [-0.3, -0.25) is 9.59 Å². The molecule has 0 aromatic heterocycles. The van der Waals surface area contributed by atoms with Crippen molar-refractivity contribution in [1.82, 2.24) is 4.90 Å². The van der Waals surface area contributed by atoms with Crippen LogP contribution in [0.15, 0.2) is 0 Å². The molecular weight excluding hydrogens is 498 g/mol. The Hall–Kier alpha value is -1.10. The second-order valence-electron chi connectivity index (χ2n) is 12.1. The number of hydrogen-bond donors (Lipinski definition) is 0. The normalized spacial score (nSPS) is 12.7. The maximum atomic E-state index is 12.5. The molecule has 0 rings (SSSR count). The summed E-state index contributed by atoms with van der Waals surface area (Å²) in [5.74, 6) is -0.906. The average Bonchev–Trinajstić information content (AvgIpc) is 2.91. The van der Waals surface area contributed by atoms with Gasteiger partial charge < -0.3 is 14.4 Å². The van der Waals surface area contributed by atoms with E-state index in [4.69, 9.17) is 9.47 Å². The lowest BCUT2D eigenvalue weighted by molar-refractivity contribution is -0.152. The maximum absolute atomic E-state index is 12.5. The fraction of sp³-hybridized carbons (Fsp3) is 0.943. The zero-order valence-corrected chi connectivity index (χ0v) is 26.9. The van der Waals surface area contributed by atoms with Crippen molar-refractivity contribution in [2.45, 2.75) is 169 Å². The van der Waals surface area contributed by atoms with Crippen molar-refractivity contribution < 1.29 is 19.1 Å². The van der Waals surface area contributed by atoms with E-state index in [1.54, 1.807) is 0 Å². The summed E-state index contributed by atoms with van der Waals surface area (Å²) in [6.07, 6.45) is 28.4. The fourth-order valence-corrected chi connectivity index (χ4v) is 5.07. The smallest absolute Gasteiger partial charge is 0.308 e. The minimum absolute atomic E-state index is 0. The third kappa shape index (κ3) is 27.1. The SMILES string of the molecule is C.CCCCCCCCCCCCCCCCCCCCCCOC(=O)C(CC)CC(C)C(=O)OCCN(C)C. The molecule has 0 bridgehead atoms. The van der Waals surface area contributed by atoms with E-state index in [1.807, 2.05) is 32.8 Å². The molecule has 0 radical (unpaired) electrons. The molecule has 0 N–H and O–H groups in total. The summed E-state index contributed by atoms with van der Waals surface area (Å²) in [6.45, 7) is 7.69. The molecule has 240 valence electrons. The zero-order chi connectivity index (χ0) is 29.0. The van der Waals surface area contributed by atoms with Gasteiger partial charge in [0.1, 0.15) is 6.61 Å². The number of hydrogen-bond acceptors (Lipinski definition) is 5. The summed E-state index contributed by atoms with van der Waals surface area (Å²) < 4.78 is 10.8. The van der Waals surface area contributed by atoms with Crippen molar-refractivity contribution in [3.05, 3.63) is 0 Å². The molecule has 0 saturated carbocycles. The largest absolute Gasteiger partial charge is 0.465 e. The van der Waals surface area contributed by atoms with Crippen LogP contribution in [0.5, 0.6) is 0 Å². The number of likely N-dealkylation sites (N-methyl/N-ethyl adjacent to an activating group) is 1. The average molecular weight is 570 g/mol. The molecule has 2 atom stereocenters. The summed E-state index contributed by atoms with van der Waals surface area (Å²) >= 11 is 0. The Morgan fingerprint density at radius 1 is 0.575 bits per heavy atom. The number of nitrogens with zero attached hydrogens (tertiary/aromatic N) is 1. The van der Waals surface area contributed by atoms with Crippen molar-refractivity contribution in [3.8, 4) is 0 Å². The van der Waals surface area contributed by atoms with E-state index < -0.39 is 0 Å². The maximum Gasteiger partial charge on any atom is 0.308 e. The molecule has 0 aliphatic rings. The number of ether oxygens (including phenoxy) is 2. The Balaban J connectivity index is 0. The summed E-state index contributed by atoms with van der Waals surface area (Å²) in [5, 5.41) is 0. The van der Waals surface area contributed by atoms with Crippen molar-refractivity contribution in [2.24, 2.45) is 11.8 Å². The highest BCUT2D eigenvalue weighted by atomic mass is 16.5. The van der Waals surface area contributed by atoms with Crippen LogP contribution in [0.25, 0.3) is 0 Å². The molecule has 0 heterocycles. The summed E-state index contributed by atoms with van der Waals surface area (Å²) in [6, 6.07) is 0. The first-order valence-electron chi connectivity index (χ1n) is 16.9. The van der Waals surface area contributed by atoms with Crippen LogP contribution < -0.4 is 0 Å².